The van der Waals surface area contributed by atoms with Gasteiger partial charge in [-0.05, 0) is 49.0 Å². The molecule has 0 unspecified atom stereocenters. The molecule has 1 aliphatic heterocycles. The zero-order valence-electron chi connectivity index (χ0n) is 19.2. The molecule has 4 aromatic rings. The molecule has 4 heterocycles. The minimum absolute atomic E-state index is 0.233. The molecule has 0 radical (unpaired) electrons. The maximum Gasteiger partial charge on any atom is 0.279 e. The van der Waals surface area contributed by atoms with Crippen molar-refractivity contribution in [3.8, 4) is 28.1 Å². The van der Waals surface area contributed by atoms with E-state index in [1.807, 2.05) is 30.5 Å². The fraction of sp³-hybridized carbons (Fsp3) is 0.240. The molecular formula is C25H27N7O2. The highest BCUT2D eigenvalue weighted by Crippen LogP contribution is 2.32. The monoisotopic (exact) mass is 457 g/mol. The Kier molecular flexibility index (Phi) is 5.87. The summed E-state index contributed by atoms with van der Waals surface area (Å²) in [6.45, 7) is 4.03. The molecule has 4 N–H and O–H groups in total. The Balaban J connectivity index is 1.45. The van der Waals surface area contributed by atoms with Crippen LogP contribution in [0.1, 0.15) is 0 Å². The molecule has 174 valence electrons. The van der Waals surface area contributed by atoms with E-state index < -0.39 is 0 Å². The van der Waals surface area contributed by atoms with Gasteiger partial charge in [0.25, 0.3) is 5.88 Å². The molecule has 9 heteroatoms. The highest BCUT2D eigenvalue weighted by molar-refractivity contribution is 5.91. The highest BCUT2D eigenvalue weighted by Gasteiger charge is 2.16. The molecule has 0 bridgehead atoms. The third-order valence-corrected chi connectivity index (χ3v) is 6.10. The van der Waals surface area contributed by atoms with Crippen molar-refractivity contribution in [2.45, 2.75) is 0 Å². The molecule has 1 aliphatic rings. The summed E-state index contributed by atoms with van der Waals surface area (Å²) in [7, 11) is 3.55. The lowest BCUT2D eigenvalue weighted by Crippen LogP contribution is -2.44. The molecule has 9 nitrogen and oxygen atoms in total. The summed E-state index contributed by atoms with van der Waals surface area (Å²) >= 11 is 0. The molecule has 0 spiro atoms. The molecular weight excluding hydrogens is 430 g/mol. The largest absolute Gasteiger partial charge is 0.394 e. The van der Waals surface area contributed by atoms with E-state index in [-0.39, 0.29) is 5.88 Å². The van der Waals surface area contributed by atoms with Crippen LogP contribution in [0.5, 0.6) is 5.88 Å². The van der Waals surface area contributed by atoms with Gasteiger partial charge in [0.2, 0.25) is 0 Å². The second-order valence-corrected chi connectivity index (χ2v) is 8.39. The summed E-state index contributed by atoms with van der Waals surface area (Å²) in [4.78, 5) is 27.8. The van der Waals surface area contributed by atoms with Gasteiger partial charge in [-0.3, -0.25) is 0 Å². The highest BCUT2D eigenvalue weighted by atomic mass is 17.2. The molecule has 0 saturated carbocycles. The number of nitrogen functional groups attached to an aromatic ring is 2. The van der Waals surface area contributed by atoms with Crippen molar-refractivity contribution in [1.29, 1.82) is 0 Å². The third-order valence-electron chi connectivity index (χ3n) is 6.10. The number of nitrogens with two attached hydrogens (primary N) is 2. The van der Waals surface area contributed by atoms with Crippen LogP contribution in [0.25, 0.3) is 33.2 Å². The fourth-order valence-corrected chi connectivity index (χ4v) is 4.15. The SMILES string of the molecule is COOc1ncc(-c2ccc3nc(N)c(-c4ccc(N5CCN(C)CC5)nc4)cc3c2)cc1N. The summed E-state index contributed by atoms with van der Waals surface area (Å²) in [6, 6.07) is 13.9. The second kappa shape index (κ2) is 9.12. The maximum atomic E-state index is 6.32. The molecule has 0 amide bonds. The first-order valence-corrected chi connectivity index (χ1v) is 11.1. The summed E-state index contributed by atoms with van der Waals surface area (Å²) in [5.74, 6) is 1.69. The summed E-state index contributed by atoms with van der Waals surface area (Å²) in [5, 5.41) is 0.959. The first kappa shape index (κ1) is 21.9. The number of hydrogen-bond donors (Lipinski definition) is 2. The fourth-order valence-electron chi connectivity index (χ4n) is 4.15. The molecule has 3 aromatic heterocycles. The van der Waals surface area contributed by atoms with Crippen molar-refractivity contribution >= 4 is 28.2 Å². The van der Waals surface area contributed by atoms with E-state index in [2.05, 4.69) is 43.8 Å². The number of fused-ring (bicyclic) bond motifs is 1. The lowest BCUT2D eigenvalue weighted by molar-refractivity contribution is -0.180. The maximum absolute atomic E-state index is 6.32. The van der Waals surface area contributed by atoms with Gasteiger partial charge in [-0.25, -0.2) is 15.0 Å². The van der Waals surface area contributed by atoms with Crippen LogP contribution in [-0.2, 0) is 4.89 Å². The standard InChI is InChI=1S/C25H27N7O2/c1-31-7-9-32(10-8-31)23-6-4-17(14-28-23)20-12-18-11-16(3-5-22(18)30-24(20)27)19-13-21(26)25(29-15-19)34-33-2/h3-6,11-15H,7-10,26H2,1-2H3,(H2,27,30). The minimum atomic E-state index is 0.233. The molecule has 1 saturated heterocycles. The molecule has 1 aromatic carbocycles. The number of rotatable bonds is 5. The van der Waals surface area contributed by atoms with Crippen LogP contribution in [0.15, 0.2) is 54.9 Å². The van der Waals surface area contributed by atoms with E-state index in [1.54, 1.807) is 12.3 Å². The Morgan fingerprint density at radius 1 is 0.853 bits per heavy atom. The van der Waals surface area contributed by atoms with E-state index in [9.17, 15) is 0 Å². The Morgan fingerprint density at radius 3 is 2.32 bits per heavy atom. The van der Waals surface area contributed by atoms with Gasteiger partial charge in [0.15, 0.2) is 0 Å². The molecule has 0 aliphatic carbocycles. The van der Waals surface area contributed by atoms with E-state index in [4.69, 9.17) is 21.3 Å². The van der Waals surface area contributed by atoms with Crippen LogP contribution >= 0.6 is 0 Å². The van der Waals surface area contributed by atoms with Crippen molar-refractivity contribution in [3.63, 3.8) is 0 Å². The summed E-state index contributed by atoms with van der Waals surface area (Å²) < 4.78 is 0. The van der Waals surface area contributed by atoms with Crippen LogP contribution in [-0.4, -0.2) is 60.2 Å². The summed E-state index contributed by atoms with van der Waals surface area (Å²) in [6.07, 6.45) is 3.56. The van der Waals surface area contributed by atoms with E-state index in [1.165, 1.54) is 7.11 Å². The third kappa shape index (κ3) is 4.30. The van der Waals surface area contributed by atoms with Crippen LogP contribution < -0.4 is 21.3 Å². The Hall–Kier alpha value is -3.95. The molecule has 34 heavy (non-hydrogen) atoms. The second-order valence-electron chi connectivity index (χ2n) is 8.39. The number of anilines is 3. The number of aromatic nitrogens is 3. The normalized spacial score (nSPS) is 14.5. The van der Waals surface area contributed by atoms with Crippen LogP contribution in [0.2, 0.25) is 0 Å². The summed E-state index contributed by atoms with van der Waals surface area (Å²) in [5.41, 5.74) is 17.2. The van der Waals surface area contributed by atoms with Gasteiger partial charge in [-0.15, -0.1) is 0 Å². The van der Waals surface area contributed by atoms with Crippen molar-refractivity contribution in [1.82, 2.24) is 19.9 Å². The number of likely N-dealkylation sites (N-methyl/N-ethyl adjacent to an activating group) is 1. The Labute approximate surface area is 197 Å². The average Bonchev–Trinajstić information content (AvgIpc) is 2.85. The van der Waals surface area contributed by atoms with Crippen molar-refractivity contribution < 1.29 is 9.78 Å². The average molecular weight is 458 g/mol. The Morgan fingerprint density at radius 2 is 1.62 bits per heavy atom. The van der Waals surface area contributed by atoms with Gasteiger partial charge >= 0.3 is 0 Å². The molecule has 1 fully saturated rings. The predicted octanol–water partition coefficient (Wildman–Crippen LogP) is 3.22. The van der Waals surface area contributed by atoms with Crippen LogP contribution in [0.3, 0.4) is 0 Å². The Bertz CT molecular complexity index is 1320. The van der Waals surface area contributed by atoms with Gasteiger partial charge in [-0.1, -0.05) is 6.07 Å². The first-order chi connectivity index (χ1) is 16.5. The minimum Gasteiger partial charge on any atom is -0.394 e. The number of hydrogen-bond acceptors (Lipinski definition) is 9. The van der Waals surface area contributed by atoms with Gasteiger partial charge < -0.3 is 26.2 Å². The lowest BCUT2D eigenvalue weighted by atomic mass is 10.0. The van der Waals surface area contributed by atoms with Crippen LogP contribution in [0.4, 0.5) is 17.3 Å². The van der Waals surface area contributed by atoms with Gasteiger partial charge in [0.1, 0.15) is 11.6 Å². The van der Waals surface area contributed by atoms with Crippen LogP contribution in [0, 0.1) is 0 Å². The zero-order valence-corrected chi connectivity index (χ0v) is 19.2. The number of pyridine rings is 3. The quantitative estimate of drug-likeness (QED) is 0.344. The lowest BCUT2D eigenvalue weighted by Gasteiger charge is -2.33. The zero-order chi connectivity index (χ0) is 23.7. The smallest absolute Gasteiger partial charge is 0.279 e. The number of piperazine rings is 1. The molecule has 0 atom stereocenters. The number of benzene rings is 1. The molecule has 5 rings (SSSR count). The first-order valence-electron chi connectivity index (χ1n) is 11.1. The number of nitrogens with zero attached hydrogens (tertiary/aromatic N) is 5. The van der Waals surface area contributed by atoms with E-state index in [0.29, 0.717) is 11.5 Å². The van der Waals surface area contributed by atoms with Gasteiger partial charge in [0, 0.05) is 60.6 Å². The predicted molar refractivity (Wildman–Crippen MR) is 134 cm³/mol. The van der Waals surface area contributed by atoms with Gasteiger partial charge in [0.05, 0.1) is 18.3 Å². The van der Waals surface area contributed by atoms with Gasteiger partial charge in [-0.2, -0.15) is 4.89 Å². The van der Waals surface area contributed by atoms with Crippen molar-refractivity contribution in [2.75, 3.05) is 56.7 Å². The van der Waals surface area contributed by atoms with Crippen molar-refractivity contribution in [3.05, 3.63) is 54.9 Å². The van der Waals surface area contributed by atoms with E-state index >= 15 is 0 Å². The van der Waals surface area contributed by atoms with Crippen molar-refractivity contribution in [2.24, 2.45) is 0 Å². The topological polar surface area (TPSA) is 116 Å². The van der Waals surface area contributed by atoms with E-state index in [0.717, 1.165) is 65.2 Å².